The maximum atomic E-state index is 12.9. The highest BCUT2D eigenvalue weighted by Crippen LogP contribution is 2.13. The Hall–Kier alpha value is -1.58. The predicted molar refractivity (Wildman–Crippen MR) is 69.0 cm³/mol. The van der Waals surface area contributed by atoms with E-state index in [1.165, 1.54) is 12.1 Å². The summed E-state index contributed by atoms with van der Waals surface area (Å²) in [5.41, 5.74) is 0. The third kappa shape index (κ3) is 4.73. The summed E-state index contributed by atoms with van der Waals surface area (Å²) < 4.78 is 18.3. The number of ether oxygens (including phenoxy) is 1. The molecular weight excluding hydrogens is 233 g/mol. The SMILES string of the molecule is CCCC(C)NC(=O)C(C)Oc1cccc(F)c1. The smallest absolute Gasteiger partial charge is 0.260 e. The van der Waals surface area contributed by atoms with E-state index in [0.717, 1.165) is 12.8 Å². The summed E-state index contributed by atoms with van der Waals surface area (Å²) in [6.45, 7) is 5.67. The molecule has 0 fully saturated rings. The first-order valence-corrected chi connectivity index (χ1v) is 6.25. The zero-order chi connectivity index (χ0) is 13.5. The molecule has 0 aliphatic heterocycles. The fourth-order valence-electron chi connectivity index (χ4n) is 1.66. The summed E-state index contributed by atoms with van der Waals surface area (Å²) in [6, 6.07) is 5.90. The molecule has 0 saturated carbocycles. The molecule has 3 nitrogen and oxygen atoms in total. The molecule has 1 amide bonds. The number of carbonyl (C=O) groups is 1. The van der Waals surface area contributed by atoms with Gasteiger partial charge in [-0.3, -0.25) is 4.79 Å². The van der Waals surface area contributed by atoms with Gasteiger partial charge in [0.1, 0.15) is 11.6 Å². The van der Waals surface area contributed by atoms with Crippen LogP contribution in [0.5, 0.6) is 5.75 Å². The molecule has 0 aliphatic carbocycles. The van der Waals surface area contributed by atoms with Gasteiger partial charge in [0.15, 0.2) is 6.10 Å². The van der Waals surface area contributed by atoms with Gasteiger partial charge in [0, 0.05) is 12.1 Å². The zero-order valence-corrected chi connectivity index (χ0v) is 11.1. The largest absolute Gasteiger partial charge is 0.481 e. The van der Waals surface area contributed by atoms with Gasteiger partial charge in [0.2, 0.25) is 0 Å². The van der Waals surface area contributed by atoms with Crippen molar-refractivity contribution in [2.75, 3.05) is 0 Å². The third-order valence-electron chi connectivity index (χ3n) is 2.59. The van der Waals surface area contributed by atoms with Gasteiger partial charge < -0.3 is 10.1 Å². The number of carbonyl (C=O) groups excluding carboxylic acids is 1. The van der Waals surface area contributed by atoms with Crippen molar-refractivity contribution in [2.24, 2.45) is 0 Å². The van der Waals surface area contributed by atoms with Crippen molar-refractivity contribution in [3.8, 4) is 5.75 Å². The summed E-state index contributed by atoms with van der Waals surface area (Å²) in [7, 11) is 0. The molecule has 0 radical (unpaired) electrons. The van der Waals surface area contributed by atoms with Gasteiger partial charge in [0.05, 0.1) is 0 Å². The van der Waals surface area contributed by atoms with Crippen LogP contribution in [-0.2, 0) is 4.79 Å². The fourth-order valence-corrected chi connectivity index (χ4v) is 1.66. The Kier molecular flexibility index (Phi) is 5.62. The topological polar surface area (TPSA) is 38.3 Å². The molecule has 4 heteroatoms. The molecule has 0 aromatic heterocycles. The highest BCUT2D eigenvalue weighted by atomic mass is 19.1. The Morgan fingerprint density at radius 3 is 2.78 bits per heavy atom. The van der Waals surface area contributed by atoms with Crippen molar-refractivity contribution in [3.63, 3.8) is 0 Å². The fraction of sp³-hybridized carbons (Fsp3) is 0.500. The van der Waals surface area contributed by atoms with Crippen LogP contribution in [0.2, 0.25) is 0 Å². The van der Waals surface area contributed by atoms with Crippen LogP contribution in [0.1, 0.15) is 33.6 Å². The van der Waals surface area contributed by atoms with Crippen LogP contribution in [-0.4, -0.2) is 18.1 Å². The lowest BCUT2D eigenvalue weighted by molar-refractivity contribution is -0.127. The number of hydrogen-bond acceptors (Lipinski definition) is 2. The molecule has 1 aromatic rings. The minimum Gasteiger partial charge on any atom is -0.481 e. The minimum absolute atomic E-state index is 0.126. The number of rotatable bonds is 6. The number of halogens is 1. The average Bonchev–Trinajstić information content (AvgIpc) is 2.29. The van der Waals surface area contributed by atoms with Crippen molar-refractivity contribution < 1.29 is 13.9 Å². The van der Waals surface area contributed by atoms with Crippen LogP contribution >= 0.6 is 0 Å². The molecule has 18 heavy (non-hydrogen) atoms. The van der Waals surface area contributed by atoms with Crippen LogP contribution in [0.15, 0.2) is 24.3 Å². The second kappa shape index (κ2) is 6.99. The van der Waals surface area contributed by atoms with E-state index >= 15 is 0 Å². The first kappa shape index (κ1) is 14.5. The summed E-state index contributed by atoms with van der Waals surface area (Å²) in [5, 5.41) is 2.86. The van der Waals surface area contributed by atoms with E-state index in [1.807, 2.05) is 6.92 Å². The Morgan fingerprint density at radius 2 is 2.17 bits per heavy atom. The van der Waals surface area contributed by atoms with Crippen LogP contribution < -0.4 is 10.1 Å². The standard InChI is InChI=1S/C14H20FNO2/c1-4-6-10(2)16-14(17)11(3)18-13-8-5-7-12(15)9-13/h5,7-11H,4,6H2,1-3H3,(H,16,17). The van der Waals surface area contributed by atoms with Gasteiger partial charge in [-0.2, -0.15) is 0 Å². The molecule has 0 aliphatic rings. The summed E-state index contributed by atoms with van der Waals surface area (Å²) in [5.74, 6) is -0.194. The van der Waals surface area contributed by atoms with Crippen molar-refractivity contribution in [1.29, 1.82) is 0 Å². The molecule has 0 bridgehead atoms. The van der Waals surface area contributed by atoms with Crippen LogP contribution in [0.4, 0.5) is 4.39 Å². The monoisotopic (exact) mass is 253 g/mol. The lowest BCUT2D eigenvalue weighted by atomic mass is 10.2. The summed E-state index contributed by atoms with van der Waals surface area (Å²) in [6.07, 6.45) is 1.31. The lowest BCUT2D eigenvalue weighted by Gasteiger charge is -2.18. The molecule has 2 unspecified atom stereocenters. The molecule has 1 rings (SSSR count). The van der Waals surface area contributed by atoms with Gasteiger partial charge in [-0.1, -0.05) is 19.4 Å². The zero-order valence-electron chi connectivity index (χ0n) is 11.1. The highest BCUT2D eigenvalue weighted by molar-refractivity contribution is 5.80. The van der Waals surface area contributed by atoms with E-state index < -0.39 is 6.10 Å². The van der Waals surface area contributed by atoms with E-state index in [0.29, 0.717) is 5.75 Å². The first-order chi connectivity index (χ1) is 8.52. The molecule has 0 heterocycles. The minimum atomic E-state index is -0.633. The van der Waals surface area contributed by atoms with Gasteiger partial charge >= 0.3 is 0 Å². The molecule has 1 N–H and O–H groups in total. The van der Waals surface area contributed by atoms with Crippen molar-refractivity contribution >= 4 is 5.91 Å². The first-order valence-electron chi connectivity index (χ1n) is 6.25. The molecule has 2 atom stereocenters. The summed E-state index contributed by atoms with van der Waals surface area (Å²) in [4.78, 5) is 11.8. The van der Waals surface area contributed by atoms with E-state index in [-0.39, 0.29) is 17.8 Å². The Morgan fingerprint density at radius 1 is 1.44 bits per heavy atom. The van der Waals surface area contributed by atoms with Gasteiger partial charge in [0.25, 0.3) is 5.91 Å². The molecule has 1 aromatic carbocycles. The van der Waals surface area contributed by atoms with E-state index in [1.54, 1.807) is 19.1 Å². The number of hydrogen-bond donors (Lipinski definition) is 1. The predicted octanol–water partition coefficient (Wildman–Crippen LogP) is 2.90. The number of benzene rings is 1. The highest BCUT2D eigenvalue weighted by Gasteiger charge is 2.16. The quantitative estimate of drug-likeness (QED) is 0.846. The maximum Gasteiger partial charge on any atom is 0.260 e. The van der Waals surface area contributed by atoms with Gasteiger partial charge in [-0.25, -0.2) is 4.39 Å². The van der Waals surface area contributed by atoms with Crippen molar-refractivity contribution in [1.82, 2.24) is 5.32 Å². The second-order valence-electron chi connectivity index (χ2n) is 4.42. The third-order valence-corrected chi connectivity index (χ3v) is 2.59. The van der Waals surface area contributed by atoms with E-state index in [9.17, 15) is 9.18 Å². The number of amides is 1. The average molecular weight is 253 g/mol. The Bertz CT molecular complexity index is 395. The summed E-state index contributed by atoms with van der Waals surface area (Å²) >= 11 is 0. The molecule has 0 spiro atoms. The van der Waals surface area contributed by atoms with Crippen molar-refractivity contribution in [2.45, 2.75) is 45.8 Å². The normalized spacial score (nSPS) is 13.8. The number of nitrogens with one attached hydrogen (secondary N) is 1. The van der Waals surface area contributed by atoms with Crippen LogP contribution in [0.25, 0.3) is 0 Å². The van der Waals surface area contributed by atoms with Gasteiger partial charge in [-0.15, -0.1) is 0 Å². The van der Waals surface area contributed by atoms with E-state index in [2.05, 4.69) is 12.2 Å². The maximum absolute atomic E-state index is 12.9. The van der Waals surface area contributed by atoms with E-state index in [4.69, 9.17) is 4.74 Å². The lowest BCUT2D eigenvalue weighted by Crippen LogP contribution is -2.41. The molecular formula is C14H20FNO2. The Balaban J connectivity index is 2.49. The van der Waals surface area contributed by atoms with Crippen LogP contribution in [0.3, 0.4) is 0 Å². The van der Waals surface area contributed by atoms with Crippen LogP contribution in [0, 0.1) is 5.82 Å². The Labute approximate surface area is 107 Å². The van der Waals surface area contributed by atoms with Crippen molar-refractivity contribution in [3.05, 3.63) is 30.1 Å². The van der Waals surface area contributed by atoms with Gasteiger partial charge in [-0.05, 0) is 32.4 Å². The molecule has 0 saturated heterocycles. The molecule has 100 valence electrons. The second-order valence-corrected chi connectivity index (χ2v) is 4.42.